The van der Waals surface area contributed by atoms with Crippen LogP contribution in [0.3, 0.4) is 0 Å². The van der Waals surface area contributed by atoms with Crippen molar-refractivity contribution < 1.29 is 14.7 Å². The van der Waals surface area contributed by atoms with Crippen molar-refractivity contribution in [3.05, 3.63) is 22.4 Å². The van der Waals surface area contributed by atoms with E-state index in [0.29, 0.717) is 6.42 Å². The molecule has 5 heteroatoms. The van der Waals surface area contributed by atoms with Gasteiger partial charge in [0.1, 0.15) is 0 Å². The third-order valence-electron chi connectivity index (χ3n) is 3.50. The predicted octanol–water partition coefficient (Wildman–Crippen LogP) is 2.71. The molecule has 1 amide bonds. The minimum absolute atomic E-state index is 0.0279. The number of carboxylic acids is 1. The molecule has 1 aliphatic heterocycles. The van der Waals surface area contributed by atoms with Crippen LogP contribution in [-0.4, -0.2) is 35.0 Å². The van der Waals surface area contributed by atoms with E-state index >= 15 is 0 Å². The van der Waals surface area contributed by atoms with Gasteiger partial charge in [-0.15, -0.1) is 11.3 Å². The molecule has 1 aromatic heterocycles. The number of carbonyl (C=O) groups is 2. The van der Waals surface area contributed by atoms with Gasteiger partial charge in [-0.05, 0) is 30.7 Å². The van der Waals surface area contributed by atoms with E-state index in [1.54, 1.807) is 0 Å². The van der Waals surface area contributed by atoms with Crippen LogP contribution < -0.4 is 0 Å². The summed E-state index contributed by atoms with van der Waals surface area (Å²) in [5.74, 6) is -0.934. The molecule has 0 bridgehead atoms. The second-order valence-electron chi connectivity index (χ2n) is 4.96. The molecule has 1 aromatic rings. The van der Waals surface area contributed by atoms with Crippen molar-refractivity contribution in [1.29, 1.82) is 0 Å². The van der Waals surface area contributed by atoms with Crippen molar-refractivity contribution in [1.82, 2.24) is 4.90 Å². The van der Waals surface area contributed by atoms with E-state index in [1.807, 2.05) is 22.4 Å². The summed E-state index contributed by atoms with van der Waals surface area (Å²) < 4.78 is 0. The highest BCUT2D eigenvalue weighted by Gasteiger charge is 2.24. The van der Waals surface area contributed by atoms with E-state index < -0.39 is 5.97 Å². The lowest BCUT2D eigenvalue weighted by Gasteiger charge is -2.28. The quantitative estimate of drug-likeness (QED) is 0.902. The molecule has 1 saturated heterocycles. The van der Waals surface area contributed by atoms with Crippen LogP contribution in [0.25, 0.3) is 0 Å². The molecule has 1 N–H and O–H groups in total. The maximum absolute atomic E-state index is 12.2. The average molecular weight is 281 g/mol. The van der Waals surface area contributed by atoms with Crippen LogP contribution in [-0.2, 0) is 9.59 Å². The topological polar surface area (TPSA) is 57.6 Å². The average Bonchev–Trinajstić information content (AvgIpc) is 2.92. The summed E-state index contributed by atoms with van der Waals surface area (Å²) in [5, 5.41) is 10.9. The van der Waals surface area contributed by atoms with E-state index in [-0.39, 0.29) is 18.2 Å². The van der Waals surface area contributed by atoms with Crippen LogP contribution >= 0.6 is 11.3 Å². The van der Waals surface area contributed by atoms with Gasteiger partial charge in [-0.2, -0.15) is 0 Å². The molecule has 2 heterocycles. The first kappa shape index (κ1) is 14.1. The number of nitrogens with zero attached hydrogens (tertiary/aromatic N) is 1. The molecule has 0 aromatic carbocycles. The highest BCUT2D eigenvalue weighted by atomic mass is 32.1. The summed E-state index contributed by atoms with van der Waals surface area (Å²) in [6, 6.07) is 3.82. The first-order valence-electron chi connectivity index (χ1n) is 6.70. The fourth-order valence-electron chi connectivity index (χ4n) is 2.49. The fraction of sp³-hybridized carbons (Fsp3) is 0.571. The molecule has 0 spiro atoms. The number of amides is 1. The molecule has 0 saturated carbocycles. The third kappa shape index (κ3) is 4.06. The molecule has 1 fully saturated rings. The highest BCUT2D eigenvalue weighted by Crippen LogP contribution is 2.28. The number of aliphatic carboxylic acids is 1. The second kappa shape index (κ2) is 6.70. The Labute approximate surface area is 117 Å². The van der Waals surface area contributed by atoms with Crippen LogP contribution in [0.1, 0.15) is 42.9 Å². The number of hydrogen-bond donors (Lipinski definition) is 1. The van der Waals surface area contributed by atoms with Crippen molar-refractivity contribution in [3.63, 3.8) is 0 Å². The normalized spacial score (nSPS) is 17.2. The smallest absolute Gasteiger partial charge is 0.304 e. The third-order valence-corrected chi connectivity index (χ3v) is 4.53. The van der Waals surface area contributed by atoms with Crippen molar-refractivity contribution in [2.75, 3.05) is 13.1 Å². The highest BCUT2D eigenvalue weighted by molar-refractivity contribution is 7.10. The minimum atomic E-state index is -0.843. The largest absolute Gasteiger partial charge is 0.481 e. The maximum Gasteiger partial charge on any atom is 0.304 e. The first-order valence-corrected chi connectivity index (χ1v) is 7.58. The predicted molar refractivity (Wildman–Crippen MR) is 74.4 cm³/mol. The zero-order valence-electron chi connectivity index (χ0n) is 10.9. The molecule has 1 aliphatic rings. The van der Waals surface area contributed by atoms with Crippen LogP contribution in [0.4, 0.5) is 0 Å². The number of likely N-dealkylation sites (tertiary alicyclic amines) is 1. The standard InChI is InChI=1S/C14H19NO3S/c16-13(15-6-2-1-3-7-15)9-11(10-14(17)18)12-5-4-8-19-12/h4-5,8,11H,1-3,6-7,9-10H2,(H,17,18)/t11-/m1/s1. The zero-order valence-corrected chi connectivity index (χ0v) is 11.7. The van der Waals surface area contributed by atoms with Gasteiger partial charge < -0.3 is 10.0 Å². The number of thiophene rings is 1. The van der Waals surface area contributed by atoms with Crippen molar-refractivity contribution in [3.8, 4) is 0 Å². The summed E-state index contributed by atoms with van der Waals surface area (Å²) in [6.45, 7) is 1.64. The lowest BCUT2D eigenvalue weighted by molar-refractivity contribution is -0.138. The van der Waals surface area contributed by atoms with E-state index in [0.717, 1.165) is 30.8 Å². The monoisotopic (exact) mass is 281 g/mol. The molecule has 2 rings (SSSR count). The van der Waals surface area contributed by atoms with Crippen molar-refractivity contribution in [2.45, 2.75) is 38.0 Å². The van der Waals surface area contributed by atoms with Gasteiger partial charge in [0.25, 0.3) is 0 Å². The SMILES string of the molecule is O=C(O)C[C@@H](CC(=O)N1CCCCC1)c1cccs1. The molecular formula is C14H19NO3S. The Morgan fingerprint density at radius 1 is 1.26 bits per heavy atom. The number of piperidine rings is 1. The Bertz CT molecular complexity index is 424. The first-order chi connectivity index (χ1) is 9.16. The Kier molecular flexibility index (Phi) is 4.96. The zero-order chi connectivity index (χ0) is 13.7. The summed E-state index contributed by atoms with van der Waals surface area (Å²) in [7, 11) is 0. The van der Waals surface area contributed by atoms with Crippen LogP contribution in [0.5, 0.6) is 0 Å². The summed E-state index contributed by atoms with van der Waals surface area (Å²) in [5.41, 5.74) is 0. The van der Waals surface area contributed by atoms with E-state index in [1.165, 1.54) is 17.8 Å². The number of rotatable bonds is 5. The maximum atomic E-state index is 12.2. The number of hydrogen-bond acceptors (Lipinski definition) is 3. The molecule has 19 heavy (non-hydrogen) atoms. The number of carboxylic acid groups (broad SMARTS) is 1. The lowest BCUT2D eigenvalue weighted by atomic mass is 9.98. The van der Waals surface area contributed by atoms with E-state index in [2.05, 4.69) is 0 Å². The fourth-order valence-corrected chi connectivity index (χ4v) is 3.32. The van der Waals surface area contributed by atoms with Crippen LogP contribution in [0.15, 0.2) is 17.5 Å². The molecule has 1 atom stereocenters. The van der Waals surface area contributed by atoms with Crippen molar-refractivity contribution in [2.24, 2.45) is 0 Å². The molecular weight excluding hydrogens is 262 g/mol. The van der Waals surface area contributed by atoms with Gasteiger partial charge in [-0.3, -0.25) is 9.59 Å². The minimum Gasteiger partial charge on any atom is -0.481 e. The van der Waals surface area contributed by atoms with Gasteiger partial charge in [0.15, 0.2) is 0 Å². The molecule has 4 nitrogen and oxygen atoms in total. The molecule has 0 aliphatic carbocycles. The Balaban J connectivity index is 1.99. The van der Waals surface area contributed by atoms with Gasteiger partial charge in [0.05, 0.1) is 6.42 Å². The summed E-state index contributed by atoms with van der Waals surface area (Å²) >= 11 is 1.53. The van der Waals surface area contributed by atoms with Gasteiger partial charge >= 0.3 is 5.97 Å². The van der Waals surface area contributed by atoms with E-state index in [4.69, 9.17) is 5.11 Å². The summed E-state index contributed by atoms with van der Waals surface area (Å²) in [4.78, 5) is 26.0. The van der Waals surface area contributed by atoms with Crippen molar-refractivity contribution >= 4 is 23.2 Å². The van der Waals surface area contributed by atoms with Gasteiger partial charge in [0.2, 0.25) is 5.91 Å². The molecule has 104 valence electrons. The van der Waals surface area contributed by atoms with E-state index in [9.17, 15) is 9.59 Å². The Morgan fingerprint density at radius 2 is 2.00 bits per heavy atom. The van der Waals surface area contributed by atoms with Gasteiger partial charge in [0, 0.05) is 30.3 Å². The Morgan fingerprint density at radius 3 is 2.58 bits per heavy atom. The van der Waals surface area contributed by atoms with Crippen LogP contribution in [0.2, 0.25) is 0 Å². The number of carbonyl (C=O) groups excluding carboxylic acids is 1. The molecule has 0 radical (unpaired) electrons. The van der Waals surface area contributed by atoms with Crippen LogP contribution in [0, 0.1) is 0 Å². The van der Waals surface area contributed by atoms with Gasteiger partial charge in [-0.1, -0.05) is 6.07 Å². The summed E-state index contributed by atoms with van der Waals surface area (Å²) in [6.07, 6.45) is 3.66. The lowest BCUT2D eigenvalue weighted by Crippen LogP contribution is -2.36. The molecule has 0 unspecified atom stereocenters. The Hall–Kier alpha value is -1.36. The second-order valence-corrected chi connectivity index (χ2v) is 5.94. The van der Waals surface area contributed by atoms with Gasteiger partial charge in [-0.25, -0.2) is 0 Å².